The number of hydrogen-bond donors (Lipinski definition) is 1. The molecule has 0 fully saturated rings. The first-order valence-electron chi connectivity index (χ1n) is 6.81. The van der Waals surface area contributed by atoms with Crippen molar-refractivity contribution in [2.75, 3.05) is 0 Å². The third kappa shape index (κ3) is 2.31. The zero-order chi connectivity index (χ0) is 15.0. The lowest BCUT2D eigenvalue weighted by atomic mass is 10.1. The van der Waals surface area contributed by atoms with Gasteiger partial charge in [-0.05, 0) is 18.2 Å². The van der Waals surface area contributed by atoms with Gasteiger partial charge in [0, 0.05) is 11.5 Å². The molecule has 1 N–H and O–H groups in total. The minimum Gasteiger partial charge on any atom is -0.478 e. The lowest BCUT2D eigenvalue weighted by Crippen LogP contribution is -2.08. The molecule has 0 bridgehead atoms. The molecule has 5 heteroatoms. The molecule has 0 amide bonds. The van der Waals surface area contributed by atoms with Gasteiger partial charge in [0.15, 0.2) is 0 Å². The average Bonchev–Trinajstić information content (AvgIpc) is 3.07. The maximum Gasteiger partial charge on any atom is 0.337 e. The van der Waals surface area contributed by atoms with Crippen LogP contribution >= 0.6 is 0 Å². The van der Waals surface area contributed by atoms with Crippen LogP contribution in [-0.4, -0.2) is 20.6 Å². The minimum atomic E-state index is -0.941. The molecule has 1 aromatic carbocycles. The monoisotopic (exact) mass is 284 g/mol. The molecule has 21 heavy (non-hydrogen) atoms. The lowest BCUT2D eigenvalue weighted by molar-refractivity contribution is 0.0698. The normalized spacial score (nSPS) is 11.4. The number of carboxylic acid groups (broad SMARTS) is 1. The van der Waals surface area contributed by atoms with Crippen molar-refractivity contribution in [3.05, 3.63) is 53.7 Å². The van der Waals surface area contributed by atoms with E-state index in [-0.39, 0.29) is 11.5 Å². The Kier molecular flexibility index (Phi) is 3.25. The highest BCUT2D eigenvalue weighted by molar-refractivity contribution is 6.01. The number of fused-ring (bicyclic) bond motifs is 1. The number of aromatic carboxylic acids is 1. The summed E-state index contributed by atoms with van der Waals surface area (Å²) in [6, 6.07) is 7.06. The number of rotatable bonds is 4. The van der Waals surface area contributed by atoms with Gasteiger partial charge in [-0.15, -0.1) is 0 Å². The highest BCUT2D eigenvalue weighted by atomic mass is 16.4. The molecular formula is C16H16N2O3. The molecule has 2 heterocycles. The first-order chi connectivity index (χ1) is 10.1. The number of para-hydroxylation sites is 1. The number of nitrogens with zero attached hydrogens (tertiary/aromatic N) is 2. The van der Waals surface area contributed by atoms with Gasteiger partial charge in [0.05, 0.1) is 35.7 Å². The molecule has 0 saturated carbocycles. The second kappa shape index (κ2) is 5.09. The smallest absolute Gasteiger partial charge is 0.337 e. The fourth-order valence-corrected chi connectivity index (χ4v) is 2.54. The van der Waals surface area contributed by atoms with E-state index in [0.717, 1.165) is 11.4 Å². The van der Waals surface area contributed by atoms with Crippen molar-refractivity contribution in [3.8, 4) is 0 Å². The number of benzene rings is 1. The van der Waals surface area contributed by atoms with E-state index in [9.17, 15) is 9.90 Å². The molecule has 0 aliphatic heterocycles. The van der Waals surface area contributed by atoms with Crippen LogP contribution in [0, 0.1) is 0 Å². The van der Waals surface area contributed by atoms with E-state index >= 15 is 0 Å². The third-order valence-corrected chi connectivity index (χ3v) is 3.46. The third-order valence-electron chi connectivity index (χ3n) is 3.46. The highest BCUT2D eigenvalue weighted by Gasteiger charge is 2.19. The van der Waals surface area contributed by atoms with Crippen LogP contribution in [0.1, 0.15) is 41.5 Å². The second-order valence-corrected chi connectivity index (χ2v) is 5.32. The molecule has 0 atom stereocenters. The summed E-state index contributed by atoms with van der Waals surface area (Å²) in [6.45, 7) is 4.64. The number of imidazole rings is 1. The van der Waals surface area contributed by atoms with E-state index in [1.165, 1.54) is 0 Å². The topological polar surface area (TPSA) is 68.3 Å². The van der Waals surface area contributed by atoms with Gasteiger partial charge in [0.25, 0.3) is 0 Å². The molecule has 0 aliphatic rings. The molecule has 0 saturated heterocycles. The van der Waals surface area contributed by atoms with Gasteiger partial charge in [-0.1, -0.05) is 19.9 Å². The van der Waals surface area contributed by atoms with Crippen molar-refractivity contribution in [1.29, 1.82) is 0 Å². The summed E-state index contributed by atoms with van der Waals surface area (Å²) < 4.78 is 7.07. The number of hydrogen-bond acceptors (Lipinski definition) is 3. The molecule has 0 unspecified atom stereocenters. The molecular weight excluding hydrogens is 268 g/mol. The molecule has 0 radical (unpaired) electrons. The summed E-state index contributed by atoms with van der Waals surface area (Å²) >= 11 is 0. The van der Waals surface area contributed by atoms with Gasteiger partial charge in [-0.25, -0.2) is 9.78 Å². The Balaban J connectivity index is 2.26. The fraction of sp³-hybridized carbons (Fsp3) is 0.250. The second-order valence-electron chi connectivity index (χ2n) is 5.32. The molecule has 3 rings (SSSR count). The van der Waals surface area contributed by atoms with Crippen LogP contribution in [0.2, 0.25) is 0 Å². The van der Waals surface area contributed by atoms with Gasteiger partial charge in [0.1, 0.15) is 5.82 Å². The quantitative estimate of drug-likeness (QED) is 0.796. The largest absolute Gasteiger partial charge is 0.478 e. The van der Waals surface area contributed by atoms with Crippen molar-refractivity contribution in [1.82, 2.24) is 9.55 Å². The summed E-state index contributed by atoms with van der Waals surface area (Å²) in [5.74, 6) is 0.134. The van der Waals surface area contributed by atoms with Crippen LogP contribution in [0.25, 0.3) is 11.0 Å². The highest BCUT2D eigenvalue weighted by Crippen LogP contribution is 2.26. The zero-order valence-electron chi connectivity index (χ0n) is 11.9. The SMILES string of the molecule is CC(C)c1nc2cccc(C(=O)O)c2n1Cc1ccoc1. The van der Waals surface area contributed by atoms with E-state index in [4.69, 9.17) is 4.42 Å². The Morgan fingerprint density at radius 3 is 2.81 bits per heavy atom. The molecule has 3 aromatic rings. The first-order valence-corrected chi connectivity index (χ1v) is 6.81. The van der Waals surface area contributed by atoms with Crippen molar-refractivity contribution >= 4 is 17.0 Å². The molecule has 0 spiro atoms. The van der Waals surface area contributed by atoms with Crippen molar-refractivity contribution < 1.29 is 14.3 Å². The summed E-state index contributed by atoms with van der Waals surface area (Å²) in [4.78, 5) is 16.1. The van der Waals surface area contributed by atoms with Gasteiger partial charge in [-0.3, -0.25) is 0 Å². The number of aromatic nitrogens is 2. The van der Waals surface area contributed by atoms with Gasteiger partial charge >= 0.3 is 5.97 Å². The first kappa shape index (κ1) is 13.4. The van der Waals surface area contributed by atoms with Gasteiger partial charge in [-0.2, -0.15) is 0 Å². The fourth-order valence-electron chi connectivity index (χ4n) is 2.54. The van der Waals surface area contributed by atoms with Crippen LogP contribution < -0.4 is 0 Å². The Morgan fingerprint density at radius 1 is 1.38 bits per heavy atom. The van der Waals surface area contributed by atoms with Gasteiger partial charge in [0.2, 0.25) is 0 Å². The Bertz CT molecular complexity index is 785. The van der Waals surface area contributed by atoms with Crippen LogP contribution in [0.3, 0.4) is 0 Å². The predicted octanol–water partition coefficient (Wildman–Crippen LogP) is 3.50. The van der Waals surface area contributed by atoms with E-state index in [0.29, 0.717) is 17.6 Å². The Morgan fingerprint density at radius 2 is 2.19 bits per heavy atom. The van der Waals surface area contributed by atoms with Crippen molar-refractivity contribution in [3.63, 3.8) is 0 Å². The van der Waals surface area contributed by atoms with E-state index in [1.54, 1.807) is 24.7 Å². The summed E-state index contributed by atoms with van der Waals surface area (Å²) in [5, 5.41) is 9.42. The van der Waals surface area contributed by atoms with E-state index in [2.05, 4.69) is 4.98 Å². The maximum absolute atomic E-state index is 11.5. The van der Waals surface area contributed by atoms with Crippen molar-refractivity contribution in [2.24, 2.45) is 0 Å². The number of carboxylic acids is 1. The number of carbonyl (C=O) groups is 1. The minimum absolute atomic E-state index is 0.200. The Labute approximate surface area is 121 Å². The maximum atomic E-state index is 11.5. The Hall–Kier alpha value is -2.56. The predicted molar refractivity (Wildman–Crippen MR) is 78.6 cm³/mol. The van der Waals surface area contributed by atoms with Gasteiger partial charge < -0.3 is 14.1 Å². The van der Waals surface area contributed by atoms with Crippen LogP contribution in [0.15, 0.2) is 41.2 Å². The zero-order valence-corrected chi connectivity index (χ0v) is 11.9. The summed E-state index contributed by atoms with van der Waals surface area (Å²) in [6.07, 6.45) is 3.28. The molecule has 108 valence electrons. The standard InChI is InChI=1S/C16H16N2O3/c1-10(2)15-17-13-5-3-4-12(16(19)20)14(13)18(15)8-11-6-7-21-9-11/h3-7,9-10H,8H2,1-2H3,(H,19,20). The van der Waals surface area contributed by atoms with E-state index < -0.39 is 5.97 Å². The summed E-state index contributed by atoms with van der Waals surface area (Å²) in [7, 11) is 0. The van der Waals surface area contributed by atoms with E-state index in [1.807, 2.05) is 30.5 Å². The lowest BCUT2D eigenvalue weighted by Gasteiger charge is -2.11. The molecule has 0 aliphatic carbocycles. The van der Waals surface area contributed by atoms with Crippen LogP contribution in [0.4, 0.5) is 0 Å². The van der Waals surface area contributed by atoms with Crippen molar-refractivity contribution in [2.45, 2.75) is 26.3 Å². The van der Waals surface area contributed by atoms with Crippen LogP contribution in [0.5, 0.6) is 0 Å². The summed E-state index contributed by atoms with van der Waals surface area (Å²) in [5.41, 5.74) is 2.63. The number of furan rings is 1. The molecule has 5 nitrogen and oxygen atoms in total. The van der Waals surface area contributed by atoms with Crippen LogP contribution in [-0.2, 0) is 6.54 Å². The molecule has 2 aromatic heterocycles. The average molecular weight is 284 g/mol.